The number of nitrogens with one attached hydrogen (secondary N) is 1. The third-order valence-corrected chi connectivity index (χ3v) is 3.82. The number of ether oxygens (including phenoxy) is 1. The molecule has 1 saturated heterocycles. The van der Waals surface area contributed by atoms with E-state index in [-0.39, 0.29) is 18.1 Å². The molecule has 0 spiro atoms. The van der Waals surface area contributed by atoms with Crippen molar-refractivity contribution in [2.45, 2.75) is 12.6 Å². The number of aromatic nitrogens is 2. The lowest BCUT2D eigenvalue weighted by Crippen LogP contribution is -2.48. The molecule has 128 valence electrons. The van der Waals surface area contributed by atoms with E-state index < -0.39 is 17.7 Å². The van der Waals surface area contributed by atoms with Gasteiger partial charge in [0.05, 0.1) is 18.8 Å². The number of morpholine rings is 1. The molecular weight excluding hydrogens is 318 g/mol. The minimum atomic E-state index is -0.702. The van der Waals surface area contributed by atoms with Crippen LogP contribution in [0.5, 0.6) is 0 Å². The van der Waals surface area contributed by atoms with E-state index in [0.717, 1.165) is 11.2 Å². The van der Waals surface area contributed by atoms with Crippen LogP contribution < -0.4 is 5.32 Å². The third kappa shape index (κ3) is 3.60. The van der Waals surface area contributed by atoms with Gasteiger partial charge in [0.25, 0.3) is 5.91 Å². The summed E-state index contributed by atoms with van der Waals surface area (Å²) in [6.45, 7) is 1.99. The fraction of sp³-hybridized carbons (Fsp3) is 0.375. The van der Waals surface area contributed by atoms with Crippen molar-refractivity contribution in [3.05, 3.63) is 47.8 Å². The maximum Gasteiger partial charge on any atom is 0.250 e. The van der Waals surface area contributed by atoms with Crippen LogP contribution in [0.4, 0.5) is 8.78 Å². The van der Waals surface area contributed by atoms with Crippen molar-refractivity contribution < 1.29 is 18.3 Å². The van der Waals surface area contributed by atoms with Crippen molar-refractivity contribution in [2.24, 2.45) is 0 Å². The number of rotatable bonds is 4. The lowest BCUT2D eigenvalue weighted by molar-refractivity contribution is -0.138. The number of carbonyl (C=O) groups excluding carboxylic acids is 1. The van der Waals surface area contributed by atoms with Crippen LogP contribution in [-0.2, 0) is 16.1 Å². The van der Waals surface area contributed by atoms with Gasteiger partial charge in [-0.1, -0.05) is 6.07 Å². The SMILES string of the molecule is CN1CCOC(C(=O)NCc2ccn(-c3c(F)cccc3F)n2)C1. The molecule has 1 aromatic carbocycles. The Balaban J connectivity index is 1.63. The van der Waals surface area contributed by atoms with E-state index in [0.29, 0.717) is 18.8 Å². The van der Waals surface area contributed by atoms with Gasteiger partial charge in [0.2, 0.25) is 0 Å². The molecule has 1 fully saturated rings. The molecule has 8 heteroatoms. The highest BCUT2D eigenvalue weighted by Crippen LogP contribution is 2.16. The molecule has 0 saturated carbocycles. The van der Waals surface area contributed by atoms with Gasteiger partial charge in [0.1, 0.15) is 11.8 Å². The van der Waals surface area contributed by atoms with Crippen molar-refractivity contribution in [3.63, 3.8) is 0 Å². The molecule has 1 aliphatic heterocycles. The van der Waals surface area contributed by atoms with Crippen molar-refractivity contribution in [1.82, 2.24) is 20.0 Å². The standard InChI is InChI=1S/C16H18F2N4O2/c1-21-7-8-24-14(10-21)16(23)19-9-11-5-6-22(20-11)15-12(17)3-2-4-13(15)18/h2-6,14H,7-10H2,1H3,(H,19,23). The average molecular weight is 336 g/mol. The molecule has 1 unspecified atom stereocenters. The summed E-state index contributed by atoms with van der Waals surface area (Å²) in [5.74, 6) is -1.63. The first-order valence-electron chi connectivity index (χ1n) is 7.61. The number of amides is 1. The monoisotopic (exact) mass is 336 g/mol. The van der Waals surface area contributed by atoms with Gasteiger partial charge in [-0.25, -0.2) is 13.5 Å². The molecule has 2 aromatic rings. The van der Waals surface area contributed by atoms with Crippen LogP contribution in [-0.4, -0.2) is 53.4 Å². The minimum absolute atomic E-state index is 0.158. The van der Waals surface area contributed by atoms with Crippen LogP contribution in [0.1, 0.15) is 5.69 Å². The maximum atomic E-state index is 13.7. The largest absolute Gasteiger partial charge is 0.366 e. The smallest absolute Gasteiger partial charge is 0.250 e. The first-order valence-corrected chi connectivity index (χ1v) is 7.61. The highest BCUT2D eigenvalue weighted by molar-refractivity contribution is 5.81. The molecule has 24 heavy (non-hydrogen) atoms. The Morgan fingerprint density at radius 3 is 2.83 bits per heavy atom. The second-order valence-electron chi connectivity index (χ2n) is 5.66. The third-order valence-electron chi connectivity index (χ3n) is 3.82. The highest BCUT2D eigenvalue weighted by Gasteiger charge is 2.24. The average Bonchev–Trinajstić information content (AvgIpc) is 3.01. The molecular formula is C16H18F2N4O2. The van der Waals surface area contributed by atoms with Gasteiger partial charge in [0.15, 0.2) is 11.6 Å². The summed E-state index contributed by atoms with van der Waals surface area (Å²) in [7, 11) is 1.92. The quantitative estimate of drug-likeness (QED) is 0.908. The summed E-state index contributed by atoms with van der Waals surface area (Å²) in [6.07, 6.45) is 0.934. The van der Waals surface area contributed by atoms with E-state index in [2.05, 4.69) is 10.4 Å². The maximum absolute atomic E-state index is 13.7. The lowest BCUT2D eigenvalue weighted by Gasteiger charge is -2.28. The predicted molar refractivity (Wildman–Crippen MR) is 82.6 cm³/mol. The predicted octanol–water partition coefficient (Wildman–Crippen LogP) is 1.10. The van der Waals surface area contributed by atoms with Gasteiger partial charge < -0.3 is 15.0 Å². The van der Waals surface area contributed by atoms with Gasteiger partial charge in [-0.3, -0.25) is 4.79 Å². The van der Waals surface area contributed by atoms with E-state index in [1.54, 1.807) is 6.07 Å². The highest BCUT2D eigenvalue weighted by atomic mass is 19.1. The first kappa shape index (κ1) is 16.5. The first-order chi connectivity index (χ1) is 11.5. The normalized spacial score (nSPS) is 18.5. The zero-order chi connectivity index (χ0) is 17.1. The minimum Gasteiger partial charge on any atom is -0.366 e. The van der Waals surface area contributed by atoms with Gasteiger partial charge in [0, 0.05) is 19.3 Å². The number of benzene rings is 1. The van der Waals surface area contributed by atoms with Crippen LogP contribution in [0.2, 0.25) is 0 Å². The molecule has 1 aromatic heterocycles. The molecule has 0 radical (unpaired) electrons. The zero-order valence-corrected chi connectivity index (χ0v) is 13.2. The van der Waals surface area contributed by atoms with E-state index in [9.17, 15) is 13.6 Å². The molecule has 1 amide bonds. The van der Waals surface area contributed by atoms with Crippen molar-refractivity contribution >= 4 is 5.91 Å². The van der Waals surface area contributed by atoms with Gasteiger partial charge in [-0.05, 0) is 25.2 Å². The summed E-state index contributed by atoms with van der Waals surface area (Å²) in [6, 6.07) is 5.22. The van der Waals surface area contributed by atoms with Crippen molar-refractivity contribution in [1.29, 1.82) is 0 Å². The summed E-state index contributed by atoms with van der Waals surface area (Å²) < 4.78 is 34.0. The summed E-state index contributed by atoms with van der Waals surface area (Å²) in [5, 5.41) is 6.83. The van der Waals surface area contributed by atoms with E-state index in [4.69, 9.17) is 4.74 Å². The second-order valence-corrected chi connectivity index (χ2v) is 5.66. The molecule has 2 heterocycles. The van der Waals surface area contributed by atoms with Crippen LogP contribution in [0.15, 0.2) is 30.5 Å². The Labute approximate surface area is 138 Å². The van der Waals surface area contributed by atoms with Gasteiger partial charge in [-0.15, -0.1) is 0 Å². The molecule has 1 atom stereocenters. The van der Waals surface area contributed by atoms with Crippen LogP contribution in [0, 0.1) is 11.6 Å². The number of hydrogen-bond donors (Lipinski definition) is 1. The Morgan fingerprint density at radius 2 is 2.12 bits per heavy atom. The summed E-state index contributed by atoms with van der Waals surface area (Å²) >= 11 is 0. The van der Waals surface area contributed by atoms with E-state index in [1.165, 1.54) is 24.4 Å². The molecule has 3 rings (SSSR count). The Hall–Kier alpha value is -2.32. The molecule has 0 aliphatic carbocycles. The van der Waals surface area contributed by atoms with Gasteiger partial charge in [-0.2, -0.15) is 5.10 Å². The zero-order valence-electron chi connectivity index (χ0n) is 13.2. The number of carbonyl (C=O) groups is 1. The molecule has 0 bridgehead atoms. The number of halogens is 2. The number of hydrogen-bond acceptors (Lipinski definition) is 4. The molecule has 1 N–H and O–H groups in total. The number of para-hydroxylation sites is 1. The molecule has 1 aliphatic rings. The Kier molecular flexibility index (Phi) is 4.86. The van der Waals surface area contributed by atoms with Crippen LogP contribution in [0.25, 0.3) is 5.69 Å². The van der Waals surface area contributed by atoms with Crippen molar-refractivity contribution in [3.8, 4) is 5.69 Å². The van der Waals surface area contributed by atoms with Crippen LogP contribution >= 0.6 is 0 Å². The second kappa shape index (κ2) is 7.06. The lowest BCUT2D eigenvalue weighted by atomic mass is 10.2. The Morgan fingerprint density at radius 1 is 1.38 bits per heavy atom. The Bertz CT molecular complexity index is 714. The summed E-state index contributed by atoms with van der Waals surface area (Å²) in [5.41, 5.74) is 0.252. The molecule has 6 nitrogen and oxygen atoms in total. The van der Waals surface area contributed by atoms with Crippen molar-refractivity contribution in [2.75, 3.05) is 26.7 Å². The van der Waals surface area contributed by atoms with E-state index in [1.807, 2.05) is 11.9 Å². The summed E-state index contributed by atoms with van der Waals surface area (Å²) in [4.78, 5) is 14.1. The van der Waals surface area contributed by atoms with E-state index >= 15 is 0 Å². The van der Waals surface area contributed by atoms with Gasteiger partial charge >= 0.3 is 0 Å². The number of nitrogens with zero attached hydrogens (tertiary/aromatic N) is 3. The fourth-order valence-corrected chi connectivity index (χ4v) is 2.52. The number of likely N-dealkylation sites (N-methyl/N-ethyl adjacent to an activating group) is 1. The topological polar surface area (TPSA) is 59.4 Å². The fourth-order valence-electron chi connectivity index (χ4n) is 2.52. The van der Waals surface area contributed by atoms with Crippen LogP contribution in [0.3, 0.4) is 0 Å².